The zero-order valence-electron chi connectivity index (χ0n) is 14.6. The van der Waals surface area contributed by atoms with Crippen LogP contribution in [-0.4, -0.2) is 58.1 Å². The van der Waals surface area contributed by atoms with Crippen LogP contribution in [0.5, 0.6) is 0 Å². The summed E-state index contributed by atoms with van der Waals surface area (Å²) < 4.78 is 27.6. The van der Waals surface area contributed by atoms with E-state index in [0.29, 0.717) is 4.90 Å². The maximum Gasteiger partial charge on any atom is 0.415 e. The standard InChI is InChI=1S/C16H18ClF2N3O4/c1-16(2,3)22-10(7-21(14(22)24)15(25)26)13(23)20(4)9-6-5-8(18)11(17)12(9)19/h5-6,10H,7H2,1-4H3,(H,25,26). The molecule has 2 rings (SSSR count). The Morgan fingerprint density at radius 2 is 1.88 bits per heavy atom. The monoisotopic (exact) mass is 389 g/mol. The zero-order valence-corrected chi connectivity index (χ0v) is 15.3. The summed E-state index contributed by atoms with van der Waals surface area (Å²) >= 11 is 5.54. The highest BCUT2D eigenvalue weighted by molar-refractivity contribution is 6.31. The van der Waals surface area contributed by atoms with Crippen molar-refractivity contribution in [2.45, 2.75) is 32.4 Å². The highest BCUT2D eigenvalue weighted by atomic mass is 35.5. The predicted octanol–water partition coefficient (Wildman–Crippen LogP) is 3.16. The third kappa shape index (κ3) is 3.31. The minimum Gasteiger partial charge on any atom is -0.465 e. The molecule has 1 aliphatic heterocycles. The molecule has 0 spiro atoms. The number of benzene rings is 1. The number of carbonyl (C=O) groups is 3. The maximum atomic E-state index is 14.2. The largest absolute Gasteiger partial charge is 0.465 e. The molecule has 4 amide bonds. The van der Waals surface area contributed by atoms with Crippen molar-refractivity contribution in [1.82, 2.24) is 9.80 Å². The average molecular weight is 390 g/mol. The Hall–Kier alpha value is -2.42. The molecule has 142 valence electrons. The van der Waals surface area contributed by atoms with Gasteiger partial charge in [-0.05, 0) is 32.9 Å². The number of carboxylic acid groups (broad SMARTS) is 1. The fraction of sp³-hybridized carbons (Fsp3) is 0.438. The van der Waals surface area contributed by atoms with E-state index in [0.717, 1.165) is 21.9 Å². The Morgan fingerprint density at radius 1 is 1.31 bits per heavy atom. The van der Waals surface area contributed by atoms with Crippen LogP contribution in [0.15, 0.2) is 12.1 Å². The molecule has 1 fully saturated rings. The fourth-order valence-corrected chi connectivity index (χ4v) is 2.98. The molecule has 0 aliphatic carbocycles. The lowest BCUT2D eigenvalue weighted by molar-refractivity contribution is -0.123. The maximum absolute atomic E-state index is 14.2. The number of hydrogen-bond acceptors (Lipinski definition) is 3. The van der Waals surface area contributed by atoms with Crippen LogP contribution >= 0.6 is 11.6 Å². The van der Waals surface area contributed by atoms with Crippen LogP contribution in [0.3, 0.4) is 0 Å². The van der Waals surface area contributed by atoms with Gasteiger partial charge in [-0.15, -0.1) is 0 Å². The first kappa shape index (κ1) is 19.9. The van der Waals surface area contributed by atoms with Gasteiger partial charge in [-0.1, -0.05) is 11.6 Å². The summed E-state index contributed by atoms with van der Waals surface area (Å²) in [7, 11) is 1.24. The van der Waals surface area contributed by atoms with Gasteiger partial charge in [0.05, 0.1) is 12.2 Å². The van der Waals surface area contributed by atoms with E-state index in [-0.39, 0.29) is 5.69 Å². The van der Waals surface area contributed by atoms with Crippen LogP contribution < -0.4 is 4.90 Å². The summed E-state index contributed by atoms with van der Waals surface area (Å²) in [5.41, 5.74) is -1.14. The van der Waals surface area contributed by atoms with Crippen molar-refractivity contribution in [1.29, 1.82) is 0 Å². The van der Waals surface area contributed by atoms with Crippen LogP contribution in [0.1, 0.15) is 20.8 Å². The lowest BCUT2D eigenvalue weighted by Crippen LogP contribution is -2.54. The highest BCUT2D eigenvalue weighted by Gasteiger charge is 2.49. The molecule has 0 radical (unpaired) electrons. The van der Waals surface area contributed by atoms with Crippen molar-refractivity contribution in [3.8, 4) is 0 Å². The van der Waals surface area contributed by atoms with E-state index >= 15 is 0 Å². The number of urea groups is 1. The molecule has 1 saturated heterocycles. The average Bonchev–Trinajstić information content (AvgIpc) is 2.89. The lowest BCUT2D eigenvalue weighted by Gasteiger charge is -2.36. The SMILES string of the molecule is CN(C(=O)C1CN(C(=O)O)C(=O)N1C(C)(C)C)c1ccc(F)c(Cl)c1F. The Labute approximate surface area is 153 Å². The van der Waals surface area contributed by atoms with Crippen molar-refractivity contribution in [3.05, 3.63) is 28.8 Å². The van der Waals surface area contributed by atoms with Crippen molar-refractivity contribution in [3.63, 3.8) is 0 Å². The zero-order chi connectivity index (χ0) is 20.0. The van der Waals surface area contributed by atoms with Gasteiger partial charge in [0.2, 0.25) is 0 Å². The minimum atomic E-state index is -1.49. The molecule has 1 aliphatic rings. The second kappa shape index (κ2) is 6.71. The molecule has 26 heavy (non-hydrogen) atoms. The van der Waals surface area contributed by atoms with Crippen LogP contribution in [0.25, 0.3) is 0 Å². The third-order valence-corrected chi connectivity index (χ3v) is 4.40. The van der Waals surface area contributed by atoms with Gasteiger partial charge in [0.15, 0.2) is 5.82 Å². The normalized spacial score (nSPS) is 17.7. The highest BCUT2D eigenvalue weighted by Crippen LogP contribution is 2.31. The van der Waals surface area contributed by atoms with Gasteiger partial charge in [-0.25, -0.2) is 23.3 Å². The van der Waals surface area contributed by atoms with Crippen LogP contribution in [-0.2, 0) is 4.79 Å². The number of likely N-dealkylation sites (N-methyl/N-ethyl adjacent to an activating group) is 1. The number of halogens is 3. The molecular formula is C16H18ClF2N3O4. The Bertz CT molecular complexity index is 781. The second-order valence-corrected chi connectivity index (χ2v) is 7.20. The summed E-state index contributed by atoms with van der Waals surface area (Å²) in [6, 6.07) is -0.0435. The molecule has 7 nitrogen and oxygen atoms in total. The second-order valence-electron chi connectivity index (χ2n) is 6.82. The number of nitrogens with zero attached hydrogens (tertiary/aromatic N) is 3. The minimum absolute atomic E-state index is 0.281. The molecule has 1 aromatic rings. The molecule has 0 saturated carbocycles. The van der Waals surface area contributed by atoms with E-state index < -0.39 is 52.8 Å². The molecule has 0 bridgehead atoms. The number of rotatable bonds is 2. The molecule has 1 aromatic carbocycles. The molecule has 1 heterocycles. The summed E-state index contributed by atoms with van der Waals surface area (Å²) in [4.78, 5) is 39.1. The predicted molar refractivity (Wildman–Crippen MR) is 90.3 cm³/mol. The van der Waals surface area contributed by atoms with Gasteiger partial charge in [-0.2, -0.15) is 0 Å². The van der Waals surface area contributed by atoms with Crippen molar-refractivity contribution < 1.29 is 28.3 Å². The van der Waals surface area contributed by atoms with Crippen LogP contribution in [0, 0.1) is 11.6 Å². The van der Waals surface area contributed by atoms with Gasteiger partial charge in [-0.3, -0.25) is 4.79 Å². The first-order valence-corrected chi connectivity index (χ1v) is 8.00. The Balaban J connectivity index is 2.42. The van der Waals surface area contributed by atoms with Gasteiger partial charge in [0, 0.05) is 12.6 Å². The van der Waals surface area contributed by atoms with Crippen LogP contribution in [0.2, 0.25) is 5.02 Å². The molecule has 0 aromatic heterocycles. The molecule has 1 atom stereocenters. The fourth-order valence-electron chi connectivity index (χ4n) is 2.82. The Morgan fingerprint density at radius 3 is 2.38 bits per heavy atom. The first-order valence-electron chi connectivity index (χ1n) is 7.62. The molecule has 1 N–H and O–H groups in total. The summed E-state index contributed by atoms with van der Waals surface area (Å²) in [5, 5.41) is 8.41. The van der Waals surface area contributed by atoms with E-state index in [1.54, 1.807) is 20.8 Å². The van der Waals surface area contributed by atoms with Gasteiger partial charge in [0.25, 0.3) is 5.91 Å². The van der Waals surface area contributed by atoms with Gasteiger partial charge >= 0.3 is 12.1 Å². The molecule has 10 heteroatoms. The van der Waals surface area contributed by atoms with Gasteiger partial charge < -0.3 is 14.9 Å². The topological polar surface area (TPSA) is 81.2 Å². The van der Waals surface area contributed by atoms with E-state index in [1.165, 1.54) is 7.05 Å². The van der Waals surface area contributed by atoms with E-state index in [2.05, 4.69) is 0 Å². The van der Waals surface area contributed by atoms with Crippen molar-refractivity contribution >= 4 is 35.3 Å². The van der Waals surface area contributed by atoms with E-state index in [1.807, 2.05) is 0 Å². The quantitative estimate of drug-likeness (QED) is 0.788. The number of imide groups is 1. The summed E-state index contributed by atoms with van der Waals surface area (Å²) in [5.74, 6) is -2.82. The first-order chi connectivity index (χ1) is 11.9. The number of anilines is 1. The summed E-state index contributed by atoms with van der Waals surface area (Å²) in [6.45, 7) is 4.54. The summed E-state index contributed by atoms with van der Waals surface area (Å²) in [6.07, 6.45) is -1.49. The molecule has 1 unspecified atom stereocenters. The van der Waals surface area contributed by atoms with Gasteiger partial charge in [0.1, 0.15) is 16.9 Å². The number of hydrogen-bond donors (Lipinski definition) is 1. The number of amides is 4. The Kier molecular flexibility index (Phi) is 5.14. The van der Waals surface area contributed by atoms with E-state index in [9.17, 15) is 23.2 Å². The third-order valence-electron chi connectivity index (χ3n) is 4.05. The van der Waals surface area contributed by atoms with Crippen LogP contribution in [0.4, 0.5) is 24.1 Å². The smallest absolute Gasteiger partial charge is 0.415 e. The molecular weight excluding hydrogens is 372 g/mol. The van der Waals surface area contributed by atoms with E-state index in [4.69, 9.17) is 16.7 Å². The van der Waals surface area contributed by atoms with Crippen molar-refractivity contribution in [2.75, 3.05) is 18.5 Å². The lowest BCUT2D eigenvalue weighted by atomic mass is 10.0. The number of carbonyl (C=O) groups excluding carboxylic acids is 2. The van der Waals surface area contributed by atoms with Crippen molar-refractivity contribution in [2.24, 2.45) is 0 Å².